The van der Waals surface area contributed by atoms with Gasteiger partial charge in [-0.25, -0.2) is 14.4 Å². The molecular formula is C21H20FN3O2. The van der Waals surface area contributed by atoms with Crippen LogP contribution in [0.15, 0.2) is 71.9 Å². The van der Waals surface area contributed by atoms with E-state index >= 15 is 0 Å². The Morgan fingerprint density at radius 1 is 1.07 bits per heavy atom. The first kappa shape index (κ1) is 18.4. The molecular weight excluding hydrogens is 345 g/mol. The van der Waals surface area contributed by atoms with Gasteiger partial charge in [0, 0.05) is 25.7 Å². The van der Waals surface area contributed by atoms with E-state index in [1.165, 1.54) is 13.1 Å². The van der Waals surface area contributed by atoms with Gasteiger partial charge in [-0.1, -0.05) is 30.3 Å². The zero-order valence-corrected chi connectivity index (χ0v) is 14.9. The minimum absolute atomic E-state index is 0.0738. The van der Waals surface area contributed by atoms with E-state index in [-0.39, 0.29) is 18.4 Å². The number of pyridine rings is 1. The van der Waals surface area contributed by atoms with Crippen molar-refractivity contribution in [2.45, 2.75) is 6.42 Å². The summed E-state index contributed by atoms with van der Waals surface area (Å²) in [5.41, 5.74) is 8.00. The van der Waals surface area contributed by atoms with Gasteiger partial charge in [-0.3, -0.25) is 0 Å². The first-order chi connectivity index (χ1) is 13.2. The van der Waals surface area contributed by atoms with E-state index in [0.717, 1.165) is 11.1 Å². The summed E-state index contributed by atoms with van der Waals surface area (Å²) >= 11 is 0. The molecule has 1 aromatic heterocycles. The van der Waals surface area contributed by atoms with Crippen LogP contribution < -0.4 is 10.5 Å². The Morgan fingerprint density at radius 3 is 2.67 bits per heavy atom. The highest BCUT2D eigenvalue weighted by Crippen LogP contribution is 2.26. The summed E-state index contributed by atoms with van der Waals surface area (Å²) in [4.78, 5) is 7.93. The van der Waals surface area contributed by atoms with Crippen molar-refractivity contribution >= 4 is 6.02 Å². The predicted molar refractivity (Wildman–Crippen MR) is 103 cm³/mol. The van der Waals surface area contributed by atoms with Gasteiger partial charge in [-0.2, -0.15) is 0 Å². The van der Waals surface area contributed by atoms with Crippen LogP contribution in [-0.4, -0.2) is 24.7 Å². The van der Waals surface area contributed by atoms with E-state index in [2.05, 4.69) is 9.98 Å². The van der Waals surface area contributed by atoms with Crippen molar-refractivity contribution in [1.82, 2.24) is 4.98 Å². The maximum Gasteiger partial charge on any atom is 0.281 e. The lowest BCUT2D eigenvalue weighted by molar-refractivity contribution is 0.301. The molecule has 0 amide bonds. The van der Waals surface area contributed by atoms with E-state index in [0.29, 0.717) is 23.6 Å². The van der Waals surface area contributed by atoms with E-state index in [4.69, 9.17) is 15.2 Å². The van der Waals surface area contributed by atoms with Crippen LogP contribution in [0.1, 0.15) is 5.56 Å². The number of benzene rings is 2. The van der Waals surface area contributed by atoms with E-state index in [1.54, 1.807) is 18.3 Å². The van der Waals surface area contributed by atoms with Gasteiger partial charge in [0.15, 0.2) is 0 Å². The van der Waals surface area contributed by atoms with Gasteiger partial charge in [-0.15, -0.1) is 0 Å². The quantitative estimate of drug-likeness (QED) is 0.525. The molecule has 0 unspecified atom stereocenters. The fourth-order valence-corrected chi connectivity index (χ4v) is 2.53. The molecule has 0 spiro atoms. The molecule has 0 saturated heterocycles. The monoisotopic (exact) mass is 365 g/mol. The van der Waals surface area contributed by atoms with Crippen molar-refractivity contribution in [1.29, 1.82) is 0 Å². The van der Waals surface area contributed by atoms with Gasteiger partial charge >= 0.3 is 0 Å². The number of aliphatic imine (C=N–C) groups is 1. The van der Waals surface area contributed by atoms with Crippen LogP contribution in [0.25, 0.3) is 11.1 Å². The van der Waals surface area contributed by atoms with Gasteiger partial charge in [-0.05, 0) is 41.0 Å². The number of aromatic nitrogens is 1. The third-order valence-electron chi connectivity index (χ3n) is 3.92. The molecule has 0 aliphatic rings. The second kappa shape index (κ2) is 8.80. The second-order valence-corrected chi connectivity index (χ2v) is 5.76. The fraction of sp³-hybridized carbons (Fsp3) is 0.143. The molecule has 138 valence electrons. The average molecular weight is 365 g/mol. The maximum absolute atomic E-state index is 14.0. The average Bonchev–Trinajstić information content (AvgIpc) is 2.71. The van der Waals surface area contributed by atoms with Gasteiger partial charge in [0.05, 0.1) is 6.61 Å². The van der Waals surface area contributed by atoms with Gasteiger partial charge < -0.3 is 15.2 Å². The third-order valence-corrected chi connectivity index (χ3v) is 3.92. The summed E-state index contributed by atoms with van der Waals surface area (Å²) in [5, 5.41) is 0. The molecule has 0 saturated carbocycles. The lowest BCUT2D eigenvalue weighted by atomic mass is 10.1. The number of hydrogen-bond acceptors (Lipinski definition) is 4. The highest BCUT2D eigenvalue weighted by molar-refractivity contribution is 5.71. The van der Waals surface area contributed by atoms with Crippen molar-refractivity contribution in [2.24, 2.45) is 10.7 Å². The van der Waals surface area contributed by atoms with Gasteiger partial charge in [0.1, 0.15) is 11.6 Å². The van der Waals surface area contributed by atoms with Crippen molar-refractivity contribution in [2.75, 3.05) is 13.7 Å². The van der Waals surface area contributed by atoms with Crippen LogP contribution in [0.2, 0.25) is 0 Å². The molecule has 5 nitrogen and oxygen atoms in total. The Hall–Kier alpha value is -3.41. The number of halogens is 1. The first-order valence-corrected chi connectivity index (χ1v) is 8.48. The van der Waals surface area contributed by atoms with Crippen molar-refractivity contribution in [3.05, 3.63) is 78.2 Å². The number of amidine groups is 1. The maximum atomic E-state index is 14.0. The Bertz CT molecular complexity index is 930. The molecule has 0 aliphatic carbocycles. The highest BCUT2D eigenvalue weighted by Gasteiger charge is 2.08. The van der Waals surface area contributed by atoms with Crippen molar-refractivity contribution in [3.8, 4) is 22.8 Å². The smallest absolute Gasteiger partial charge is 0.281 e. The second-order valence-electron chi connectivity index (χ2n) is 5.76. The SMILES string of the molecule is CN=C(N)OCCc1cc(Oc2cc(-c3ccccc3)ccn2)ccc1F. The lowest BCUT2D eigenvalue weighted by Crippen LogP contribution is -2.17. The Morgan fingerprint density at radius 2 is 1.89 bits per heavy atom. The minimum atomic E-state index is -0.330. The molecule has 0 atom stereocenters. The molecule has 0 bridgehead atoms. The van der Waals surface area contributed by atoms with E-state index in [9.17, 15) is 4.39 Å². The Kier molecular flexibility index (Phi) is 5.99. The lowest BCUT2D eigenvalue weighted by Gasteiger charge is -2.10. The van der Waals surface area contributed by atoms with Crippen LogP contribution in [0, 0.1) is 5.82 Å². The molecule has 0 fully saturated rings. The molecule has 1 heterocycles. The Balaban J connectivity index is 1.73. The van der Waals surface area contributed by atoms with E-state index in [1.807, 2.05) is 42.5 Å². The summed E-state index contributed by atoms with van der Waals surface area (Å²) in [6, 6.07) is 18.3. The molecule has 2 aromatic carbocycles. The summed E-state index contributed by atoms with van der Waals surface area (Å²) in [5.74, 6) is 0.609. The predicted octanol–water partition coefficient (Wildman–Crippen LogP) is 4.18. The fourth-order valence-electron chi connectivity index (χ4n) is 2.53. The van der Waals surface area contributed by atoms with Crippen molar-refractivity contribution < 1.29 is 13.9 Å². The summed E-state index contributed by atoms with van der Waals surface area (Å²) in [6.45, 7) is 0.227. The first-order valence-electron chi connectivity index (χ1n) is 8.48. The third kappa shape index (κ3) is 5.04. The summed E-state index contributed by atoms with van der Waals surface area (Å²) < 4.78 is 25.0. The largest absolute Gasteiger partial charge is 0.465 e. The molecule has 3 aromatic rings. The number of nitrogens with zero attached hydrogens (tertiary/aromatic N) is 2. The summed E-state index contributed by atoms with van der Waals surface area (Å²) in [6.07, 6.45) is 2.03. The van der Waals surface area contributed by atoms with Crippen LogP contribution in [0.3, 0.4) is 0 Å². The standard InChI is InChI=1S/C21H20FN3O2/c1-24-21(23)26-12-10-17-13-18(7-8-19(17)22)27-20-14-16(9-11-25-20)15-5-3-2-4-6-15/h2-9,11,13-14H,10,12H2,1H3,(H2,23,24). The topological polar surface area (TPSA) is 69.7 Å². The van der Waals surface area contributed by atoms with Gasteiger partial charge in [0.25, 0.3) is 6.02 Å². The highest BCUT2D eigenvalue weighted by atomic mass is 19.1. The minimum Gasteiger partial charge on any atom is -0.465 e. The van der Waals surface area contributed by atoms with Crippen LogP contribution in [0.5, 0.6) is 11.6 Å². The molecule has 0 aliphatic heterocycles. The van der Waals surface area contributed by atoms with Crippen LogP contribution in [0.4, 0.5) is 4.39 Å². The summed E-state index contributed by atoms with van der Waals surface area (Å²) in [7, 11) is 1.53. The molecule has 3 rings (SSSR count). The number of hydrogen-bond donors (Lipinski definition) is 1. The zero-order chi connectivity index (χ0) is 19.1. The number of nitrogens with two attached hydrogens (primary N) is 1. The van der Waals surface area contributed by atoms with Crippen molar-refractivity contribution in [3.63, 3.8) is 0 Å². The number of ether oxygens (including phenoxy) is 2. The zero-order valence-electron chi connectivity index (χ0n) is 14.9. The van der Waals surface area contributed by atoms with Gasteiger partial charge in [0.2, 0.25) is 5.88 Å². The van der Waals surface area contributed by atoms with Crippen LogP contribution >= 0.6 is 0 Å². The number of rotatable bonds is 6. The molecule has 0 radical (unpaired) electrons. The molecule has 27 heavy (non-hydrogen) atoms. The molecule has 2 N–H and O–H groups in total. The van der Waals surface area contributed by atoms with E-state index < -0.39 is 0 Å². The Labute approximate surface area is 157 Å². The van der Waals surface area contributed by atoms with Crippen LogP contribution in [-0.2, 0) is 11.2 Å². The normalized spacial score (nSPS) is 11.3. The molecule has 6 heteroatoms.